The Labute approximate surface area is 110 Å². The lowest BCUT2D eigenvalue weighted by Crippen LogP contribution is -2.26. The largest absolute Gasteiger partial charge is 0.384 e. The number of hydrogen-bond acceptors (Lipinski definition) is 4. The maximum Gasteiger partial charge on any atom is 0.251 e. The zero-order chi connectivity index (χ0) is 13.1. The summed E-state index contributed by atoms with van der Waals surface area (Å²) >= 11 is 1.62. The number of nitrogens with zero attached hydrogens (tertiary/aromatic N) is 1. The van der Waals surface area contributed by atoms with Gasteiger partial charge in [0.1, 0.15) is 5.82 Å². The number of nitrogen functional groups attached to an aromatic ring is 1. The Hall–Kier alpha value is -1.88. The van der Waals surface area contributed by atoms with Gasteiger partial charge in [-0.25, -0.2) is 4.98 Å². The summed E-state index contributed by atoms with van der Waals surface area (Å²) in [5.74, 6) is 0.233. The van der Waals surface area contributed by atoms with E-state index in [-0.39, 0.29) is 11.9 Å². The predicted molar refractivity (Wildman–Crippen MR) is 73.6 cm³/mol. The van der Waals surface area contributed by atoms with Crippen molar-refractivity contribution in [2.75, 3.05) is 5.73 Å². The minimum Gasteiger partial charge on any atom is -0.384 e. The topological polar surface area (TPSA) is 68.0 Å². The molecule has 4 nitrogen and oxygen atoms in total. The van der Waals surface area contributed by atoms with E-state index in [1.54, 1.807) is 23.5 Å². The minimum absolute atomic E-state index is 0.00723. The first kappa shape index (κ1) is 12.6. The third-order valence-corrected chi connectivity index (χ3v) is 3.61. The molecule has 0 saturated carbocycles. The van der Waals surface area contributed by atoms with E-state index in [0.717, 1.165) is 10.6 Å². The van der Waals surface area contributed by atoms with E-state index in [2.05, 4.69) is 10.3 Å². The Balaban J connectivity index is 2.12. The zero-order valence-electron chi connectivity index (χ0n) is 10.3. The number of hydrogen-bond donors (Lipinski definition) is 2. The standard InChI is InChI=1S/C13H15N3OS/c1-8-6-10(7-12(14)15-8)13(17)16-9(2)11-4-3-5-18-11/h3-7,9H,1-2H3,(H2,14,15)(H,16,17). The number of rotatable bonds is 3. The Morgan fingerprint density at radius 2 is 2.28 bits per heavy atom. The van der Waals surface area contributed by atoms with Crippen LogP contribution in [0.25, 0.3) is 0 Å². The fraction of sp³-hybridized carbons (Fsp3) is 0.231. The van der Waals surface area contributed by atoms with Gasteiger partial charge in [-0.05, 0) is 37.4 Å². The van der Waals surface area contributed by atoms with Crippen LogP contribution in [0.1, 0.15) is 33.9 Å². The van der Waals surface area contributed by atoms with Crippen molar-refractivity contribution < 1.29 is 4.79 Å². The summed E-state index contributed by atoms with van der Waals surface area (Å²) in [7, 11) is 0. The third kappa shape index (κ3) is 2.87. The highest BCUT2D eigenvalue weighted by Gasteiger charge is 2.13. The van der Waals surface area contributed by atoms with E-state index in [1.807, 2.05) is 31.4 Å². The number of aryl methyl sites for hydroxylation is 1. The molecule has 0 saturated heterocycles. The van der Waals surface area contributed by atoms with E-state index < -0.39 is 0 Å². The summed E-state index contributed by atoms with van der Waals surface area (Å²) in [5, 5.41) is 4.93. The summed E-state index contributed by atoms with van der Waals surface area (Å²) < 4.78 is 0. The fourth-order valence-corrected chi connectivity index (χ4v) is 2.45. The number of anilines is 1. The van der Waals surface area contributed by atoms with Gasteiger partial charge in [-0.2, -0.15) is 0 Å². The van der Waals surface area contributed by atoms with E-state index >= 15 is 0 Å². The maximum atomic E-state index is 12.1. The number of aromatic nitrogens is 1. The van der Waals surface area contributed by atoms with Crippen LogP contribution in [0.4, 0.5) is 5.82 Å². The molecule has 5 heteroatoms. The van der Waals surface area contributed by atoms with Crippen molar-refractivity contribution in [2.24, 2.45) is 0 Å². The number of nitrogens with two attached hydrogens (primary N) is 1. The van der Waals surface area contributed by atoms with Crippen LogP contribution in [0.2, 0.25) is 0 Å². The van der Waals surface area contributed by atoms with Crippen LogP contribution in [0.3, 0.4) is 0 Å². The molecule has 0 bridgehead atoms. The van der Waals surface area contributed by atoms with Gasteiger partial charge in [0, 0.05) is 16.1 Å². The van der Waals surface area contributed by atoms with Crippen LogP contribution < -0.4 is 11.1 Å². The zero-order valence-corrected chi connectivity index (χ0v) is 11.1. The van der Waals surface area contributed by atoms with Crippen LogP contribution in [0, 0.1) is 6.92 Å². The molecule has 1 amide bonds. The van der Waals surface area contributed by atoms with Crippen molar-refractivity contribution in [2.45, 2.75) is 19.9 Å². The highest BCUT2D eigenvalue weighted by Crippen LogP contribution is 2.18. The van der Waals surface area contributed by atoms with Crippen LogP contribution in [0.5, 0.6) is 0 Å². The van der Waals surface area contributed by atoms with Crippen molar-refractivity contribution in [1.29, 1.82) is 0 Å². The van der Waals surface area contributed by atoms with Gasteiger partial charge in [-0.15, -0.1) is 11.3 Å². The van der Waals surface area contributed by atoms with Gasteiger partial charge in [0.2, 0.25) is 0 Å². The number of amides is 1. The van der Waals surface area contributed by atoms with Gasteiger partial charge in [-0.3, -0.25) is 4.79 Å². The molecule has 18 heavy (non-hydrogen) atoms. The quantitative estimate of drug-likeness (QED) is 0.892. The molecule has 1 unspecified atom stereocenters. The summed E-state index contributed by atoms with van der Waals surface area (Å²) in [6, 6.07) is 7.28. The fourth-order valence-electron chi connectivity index (χ4n) is 1.71. The molecule has 0 aliphatic heterocycles. The number of carbonyl (C=O) groups excluding carboxylic acids is 1. The van der Waals surface area contributed by atoms with Crippen molar-refractivity contribution >= 4 is 23.1 Å². The third-order valence-electron chi connectivity index (χ3n) is 2.55. The smallest absolute Gasteiger partial charge is 0.251 e. The molecule has 0 aliphatic rings. The summed E-state index contributed by atoms with van der Waals surface area (Å²) in [4.78, 5) is 17.2. The first-order valence-corrected chi connectivity index (χ1v) is 6.52. The number of nitrogens with one attached hydrogen (secondary N) is 1. The molecule has 0 aliphatic carbocycles. The second kappa shape index (κ2) is 5.18. The molecule has 3 N–H and O–H groups in total. The molecule has 2 heterocycles. The summed E-state index contributed by atoms with van der Waals surface area (Å²) in [6.07, 6.45) is 0. The highest BCUT2D eigenvalue weighted by molar-refractivity contribution is 7.10. The minimum atomic E-state index is -0.131. The SMILES string of the molecule is Cc1cc(C(=O)NC(C)c2cccs2)cc(N)n1. The lowest BCUT2D eigenvalue weighted by molar-refractivity contribution is 0.0940. The average Bonchev–Trinajstić information content (AvgIpc) is 2.80. The first-order valence-electron chi connectivity index (χ1n) is 5.64. The van der Waals surface area contributed by atoms with Gasteiger partial charge >= 0.3 is 0 Å². The number of thiophene rings is 1. The van der Waals surface area contributed by atoms with Gasteiger partial charge in [0.05, 0.1) is 6.04 Å². The van der Waals surface area contributed by atoms with Crippen LogP contribution in [-0.4, -0.2) is 10.9 Å². The highest BCUT2D eigenvalue weighted by atomic mass is 32.1. The monoisotopic (exact) mass is 261 g/mol. The van der Waals surface area contributed by atoms with Crippen molar-refractivity contribution in [3.05, 3.63) is 45.8 Å². The van der Waals surface area contributed by atoms with Gasteiger partial charge in [-0.1, -0.05) is 6.07 Å². The lowest BCUT2D eigenvalue weighted by atomic mass is 10.2. The number of carbonyl (C=O) groups is 1. The average molecular weight is 261 g/mol. The lowest BCUT2D eigenvalue weighted by Gasteiger charge is -2.12. The second-order valence-electron chi connectivity index (χ2n) is 4.13. The van der Waals surface area contributed by atoms with E-state index in [9.17, 15) is 4.79 Å². The molecule has 2 rings (SSSR count). The Morgan fingerprint density at radius 1 is 1.50 bits per heavy atom. The Bertz CT molecular complexity index is 531. The second-order valence-corrected chi connectivity index (χ2v) is 5.11. The van der Waals surface area contributed by atoms with Crippen LogP contribution in [-0.2, 0) is 0 Å². The molecule has 0 spiro atoms. The molecule has 0 fully saturated rings. The molecule has 2 aromatic rings. The van der Waals surface area contributed by atoms with Crippen LogP contribution >= 0.6 is 11.3 Å². The van der Waals surface area contributed by atoms with E-state index in [0.29, 0.717) is 11.4 Å². The maximum absolute atomic E-state index is 12.1. The van der Waals surface area contributed by atoms with E-state index in [4.69, 9.17) is 5.73 Å². The van der Waals surface area contributed by atoms with Gasteiger partial charge in [0.25, 0.3) is 5.91 Å². The van der Waals surface area contributed by atoms with Crippen molar-refractivity contribution in [3.63, 3.8) is 0 Å². The van der Waals surface area contributed by atoms with Crippen LogP contribution in [0.15, 0.2) is 29.6 Å². The van der Waals surface area contributed by atoms with Crippen molar-refractivity contribution in [3.8, 4) is 0 Å². The molecular formula is C13H15N3OS. The van der Waals surface area contributed by atoms with E-state index in [1.165, 1.54) is 0 Å². The summed E-state index contributed by atoms with van der Waals surface area (Å²) in [6.45, 7) is 3.77. The van der Waals surface area contributed by atoms with Gasteiger partial charge in [0.15, 0.2) is 0 Å². The molecule has 0 aromatic carbocycles. The van der Waals surface area contributed by atoms with Gasteiger partial charge < -0.3 is 11.1 Å². The normalized spacial score (nSPS) is 12.1. The molecule has 0 radical (unpaired) electrons. The first-order chi connectivity index (χ1) is 8.56. The molecular weight excluding hydrogens is 246 g/mol. The Kier molecular flexibility index (Phi) is 3.62. The predicted octanol–water partition coefficient (Wildman–Crippen LogP) is 2.52. The molecule has 2 aromatic heterocycles. The summed E-state index contributed by atoms with van der Waals surface area (Å²) in [5.41, 5.74) is 6.92. The number of pyridine rings is 1. The Morgan fingerprint density at radius 3 is 2.89 bits per heavy atom. The van der Waals surface area contributed by atoms with Crippen molar-refractivity contribution in [1.82, 2.24) is 10.3 Å². The molecule has 1 atom stereocenters. The molecule has 94 valence electrons.